The Morgan fingerprint density at radius 1 is 1.00 bits per heavy atom. The van der Waals surface area contributed by atoms with Crippen molar-refractivity contribution in [3.63, 3.8) is 0 Å². The molecule has 1 heterocycles. The highest BCUT2D eigenvalue weighted by Crippen LogP contribution is 2.38. The van der Waals surface area contributed by atoms with E-state index < -0.39 is 0 Å². The summed E-state index contributed by atoms with van der Waals surface area (Å²) in [6, 6.07) is 19.6. The first-order valence-electron chi connectivity index (χ1n) is 7.94. The third-order valence-corrected chi connectivity index (χ3v) is 4.60. The molecule has 0 aliphatic carbocycles. The van der Waals surface area contributed by atoms with E-state index >= 15 is 0 Å². The molecule has 21 heavy (non-hydrogen) atoms. The first-order valence-corrected chi connectivity index (χ1v) is 7.94. The van der Waals surface area contributed by atoms with Crippen molar-refractivity contribution >= 4 is 5.71 Å². The number of benzene rings is 2. The molecule has 0 saturated carbocycles. The second-order valence-electron chi connectivity index (χ2n) is 6.11. The third-order valence-electron chi connectivity index (χ3n) is 4.60. The van der Waals surface area contributed by atoms with Crippen molar-refractivity contribution in [3.8, 4) is 0 Å². The van der Waals surface area contributed by atoms with Crippen LogP contribution in [0.1, 0.15) is 49.8 Å². The first kappa shape index (κ1) is 14.1. The number of fused-ring (bicyclic) bond motifs is 1. The Morgan fingerprint density at radius 2 is 1.71 bits per heavy atom. The van der Waals surface area contributed by atoms with Crippen LogP contribution in [0.15, 0.2) is 59.6 Å². The highest BCUT2D eigenvalue weighted by molar-refractivity contribution is 6.03. The first-order chi connectivity index (χ1) is 10.3. The molecule has 108 valence electrons. The molecule has 3 rings (SSSR count). The van der Waals surface area contributed by atoms with Gasteiger partial charge in [-0.3, -0.25) is 4.99 Å². The number of rotatable bonds is 4. The smallest absolute Gasteiger partial charge is 0.0528 e. The Labute approximate surface area is 127 Å². The second kappa shape index (κ2) is 5.85. The van der Waals surface area contributed by atoms with Crippen molar-refractivity contribution in [3.05, 3.63) is 71.3 Å². The predicted octanol–water partition coefficient (Wildman–Crippen LogP) is 4.99. The van der Waals surface area contributed by atoms with Crippen molar-refractivity contribution in [1.82, 2.24) is 0 Å². The maximum atomic E-state index is 4.95. The number of aliphatic imine (C=N–C) groups is 1. The summed E-state index contributed by atoms with van der Waals surface area (Å²) >= 11 is 0. The molecule has 0 bridgehead atoms. The minimum atomic E-state index is -0.00638. The zero-order valence-electron chi connectivity index (χ0n) is 13.0. The van der Waals surface area contributed by atoms with Gasteiger partial charge >= 0.3 is 0 Å². The molecular formula is C20H23N. The maximum absolute atomic E-state index is 4.95. The van der Waals surface area contributed by atoms with Gasteiger partial charge in [0.15, 0.2) is 0 Å². The number of hydrogen-bond acceptors (Lipinski definition) is 1. The Kier molecular flexibility index (Phi) is 3.92. The minimum Gasteiger partial charge on any atom is -0.288 e. The van der Waals surface area contributed by atoms with E-state index in [1.807, 2.05) is 0 Å². The Balaban J connectivity index is 2.06. The van der Waals surface area contributed by atoms with Gasteiger partial charge in [-0.15, -0.1) is 0 Å². The molecule has 0 N–H and O–H groups in total. The molecule has 2 aromatic rings. The summed E-state index contributed by atoms with van der Waals surface area (Å²) in [5, 5.41) is 0. The molecule has 1 unspecified atom stereocenters. The Bertz CT molecular complexity index is 642. The number of nitrogens with zero attached hydrogens (tertiary/aromatic N) is 1. The van der Waals surface area contributed by atoms with E-state index in [0.717, 1.165) is 13.0 Å². The summed E-state index contributed by atoms with van der Waals surface area (Å²) in [6.45, 7) is 5.41. The van der Waals surface area contributed by atoms with E-state index in [9.17, 15) is 0 Å². The van der Waals surface area contributed by atoms with Crippen LogP contribution in [0, 0.1) is 0 Å². The van der Waals surface area contributed by atoms with Crippen LogP contribution >= 0.6 is 0 Å². The van der Waals surface area contributed by atoms with E-state index in [0.29, 0.717) is 0 Å². The lowest BCUT2D eigenvalue weighted by Crippen LogP contribution is -2.33. The monoisotopic (exact) mass is 277 g/mol. The summed E-state index contributed by atoms with van der Waals surface area (Å²) < 4.78 is 0. The summed E-state index contributed by atoms with van der Waals surface area (Å²) in [7, 11) is 0. The van der Waals surface area contributed by atoms with Gasteiger partial charge in [-0.05, 0) is 36.5 Å². The summed E-state index contributed by atoms with van der Waals surface area (Å²) in [4.78, 5) is 4.95. The zero-order valence-corrected chi connectivity index (χ0v) is 13.0. The quantitative estimate of drug-likeness (QED) is 0.747. The number of unbranched alkanes of at least 4 members (excludes halogenated alkanes) is 1. The van der Waals surface area contributed by atoms with Crippen LogP contribution in [-0.4, -0.2) is 12.3 Å². The topological polar surface area (TPSA) is 12.4 Å². The van der Waals surface area contributed by atoms with Crippen LogP contribution in [0.3, 0.4) is 0 Å². The average Bonchev–Trinajstić information content (AvgIpc) is 2.55. The van der Waals surface area contributed by atoms with Crippen molar-refractivity contribution in [2.75, 3.05) is 6.54 Å². The second-order valence-corrected chi connectivity index (χ2v) is 6.11. The molecule has 1 atom stereocenters. The summed E-state index contributed by atoms with van der Waals surface area (Å²) in [5.74, 6) is 0. The van der Waals surface area contributed by atoms with Gasteiger partial charge in [-0.2, -0.15) is 0 Å². The largest absolute Gasteiger partial charge is 0.288 e. The van der Waals surface area contributed by atoms with Gasteiger partial charge in [0.05, 0.1) is 6.54 Å². The molecule has 0 radical (unpaired) electrons. The molecule has 0 aromatic heterocycles. The van der Waals surface area contributed by atoms with E-state index in [2.05, 4.69) is 68.4 Å². The molecule has 1 aliphatic heterocycles. The van der Waals surface area contributed by atoms with Crippen LogP contribution in [0.4, 0.5) is 0 Å². The van der Waals surface area contributed by atoms with Crippen molar-refractivity contribution in [2.45, 2.75) is 38.5 Å². The molecule has 1 aliphatic rings. The average molecular weight is 277 g/mol. The maximum Gasteiger partial charge on any atom is 0.0528 e. The fourth-order valence-electron chi connectivity index (χ4n) is 3.25. The van der Waals surface area contributed by atoms with Crippen LogP contribution in [0.5, 0.6) is 0 Å². The lowest BCUT2D eigenvalue weighted by Gasteiger charge is -2.35. The summed E-state index contributed by atoms with van der Waals surface area (Å²) in [5.41, 5.74) is 5.42. The van der Waals surface area contributed by atoms with Gasteiger partial charge in [0, 0.05) is 11.1 Å². The fraction of sp³-hybridized carbons (Fsp3) is 0.350. The van der Waals surface area contributed by atoms with E-state index in [1.165, 1.54) is 35.2 Å². The van der Waals surface area contributed by atoms with Gasteiger partial charge < -0.3 is 0 Å². The molecule has 0 fully saturated rings. The highest BCUT2D eigenvalue weighted by atomic mass is 14.8. The molecule has 2 aromatic carbocycles. The Morgan fingerprint density at radius 3 is 2.48 bits per heavy atom. The molecular weight excluding hydrogens is 254 g/mol. The minimum absolute atomic E-state index is 0.00638. The highest BCUT2D eigenvalue weighted by Gasteiger charge is 2.34. The van der Waals surface area contributed by atoms with Crippen LogP contribution in [-0.2, 0) is 5.41 Å². The molecule has 1 nitrogen and oxygen atoms in total. The lowest BCUT2D eigenvalue weighted by atomic mass is 9.72. The van der Waals surface area contributed by atoms with Gasteiger partial charge in [-0.1, -0.05) is 67.9 Å². The van der Waals surface area contributed by atoms with Crippen molar-refractivity contribution in [2.24, 2.45) is 4.99 Å². The zero-order chi connectivity index (χ0) is 14.7. The Hall–Kier alpha value is -1.89. The van der Waals surface area contributed by atoms with Crippen LogP contribution in [0.25, 0.3) is 0 Å². The third kappa shape index (κ3) is 2.53. The van der Waals surface area contributed by atoms with Gasteiger partial charge in [0.2, 0.25) is 0 Å². The summed E-state index contributed by atoms with van der Waals surface area (Å²) in [6.07, 6.45) is 3.53. The molecule has 0 spiro atoms. The molecule has 0 saturated heterocycles. The van der Waals surface area contributed by atoms with E-state index in [1.54, 1.807) is 0 Å². The fourth-order valence-corrected chi connectivity index (χ4v) is 3.25. The SMILES string of the molecule is CCCCC1=NCC(C)(c2ccccc2)c2ccccc21. The van der Waals surface area contributed by atoms with Gasteiger partial charge in [-0.25, -0.2) is 0 Å². The molecule has 1 heteroatoms. The van der Waals surface area contributed by atoms with E-state index in [-0.39, 0.29) is 5.41 Å². The standard InChI is InChI=1S/C20H23N/c1-3-4-14-19-17-12-8-9-13-18(17)20(2,15-21-19)16-10-6-5-7-11-16/h5-13H,3-4,14-15H2,1-2H3. The lowest BCUT2D eigenvalue weighted by molar-refractivity contribution is 0.573. The van der Waals surface area contributed by atoms with Crippen molar-refractivity contribution in [1.29, 1.82) is 0 Å². The normalized spacial score (nSPS) is 20.8. The van der Waals surface area contributed by atoms with Gasteiger partial charge in [0.1, 0.15) is 0 Å². The predicted molar refractivity (Wildman–Crippen MR) is 90.3 cm³/mol. The van der Waals surface area contributed by atoms with Gasteiger partial charge in [0.25, 0.3) is 0 Å². The molecule has 0 amide bonds. The van der Waals surface area contributed by atoms with Crippen molar-refractivity contribution < 1.29 is 0 Å². The van der Waals surface area contributed by atoms with Crippen LogP contribution in [0.2, 0.25) is 0 Å². The van der Waals surface area contributed by atoms with Crippen LogP contribution < -0.4 is 0 Å². The number of hydrogen-bond donors (Lipinski definition) is 0. The van der Waals surface area contributed by atoms with E-state index in [4.69, 9.17) is 4.99 Å².